The average molecular weight is 434 g/mol. The second-order valence-electron chi connectivity index (χ2n) is 2.50. The van der Waals surface area contributed by atoms with Gasteiger partial charge in [-0.1, -0.05) is 15.9 Å². The van der Waals surface area contributed by atoms with Crippen LogP contribution in [0.3, 0.4) is 0 Å². The van der Waals surface area contributed by atoms with Crippen LogP contribution in [-0.4, -0.2) is 18.2 Å². The summed E-state index contributed by atoms with van der Waals surface area (Å²) in [4.78, 5) is 11.5. The molecule has 0 aliphatic carbocycles. The van der Waals surface area contributed by atoms with Crippen molar-refractivity contribution in [3.05, 3.63) is 25.7 Å². The second kappa shape index (κ2) is 5.46. The Bertz CT molecular complexity index is 366. The largest absolute Gasteiger partial charge is 0.494 e. The Balaban J connectivity index is 3.28. The molecular weight excluding hydrogens is 427 g/mol. The van der Waals surface area contributed by atoms with Gasteiger partial charge in [0.2, 0.25) is 0 Å². The highest BCUT2D eigenvalue weighted by atomic mass is 127. The Hall–Kier alpha value is 0.380. The van der Waals surface area contributed by atoms with Crippen LogP contribution in [-0.2, 0) is 0 Å². The van der Waals surface area contributed by atoms with Crippen LogP contribution >= 0.6 is 54.5 Å². The topological polar surface area (TPSA) is 26.3 Å². The van der Waals surface area contributed by atoms with E-state index < -0.39 is 0 Å². The Morgan fingerprint density at radius 3 is 2.71 bits per heavy atom. The molecule has 1 rings (SSSR count). The van der Waals surface area contributed by atoms with E-state index in [9.17, 15) is 4.79 Å². The van der Waals surface area contributed by atoms with Gasteiger partial charge in [0.25, 0.3) is 0 Å². The molecule has 76 valence electrons. The lowest BCUT2D eigenvalue weighted by atomic mass is 10.1. The van der Waals surface area contributed by atoms with Gasteiger partial charge in [0.1, 0.15) is 5.75 Å². The average Bonchev–Trinajstić information content (AvgIpc) is 2.18. The number of rotatable bonds is 3. The van der Waals surface area contributed by atoms with E-state index in [2.05, 4.69) is 54.5 Å². The lowest BCUT2D eigenvalue weighted by Gasteiger charge is -2.09. The number of halogens is 3. The molecule has 0 amide bonds. The summed E-state index contributed by atoms with van der Waals surface area (Å²) in [5, 5.41) is 0.315. The van der Waals surface area contributed by atoms with Crippen molar-refractivity contribution in [1.29, 1.82) is 0 Å². The van der Waals surface area contributed by atoms with Crippen molar-refractivity contribution in [1.82, 2.24) is 0 Å². The van der Waals surface area contributed by atoms with E-state index in [0.29, 0.717) is 16.6 Å². The monoisotopic (exact) mass is 432 g/mol. The standard InChI is InChI=1S/C9H7Br2IO2/c1-14-9-6(12)3-2-5(8(9)11)7(13)4-10/h2-3H,4H2,1H3. The predicted molar refractivity (Wildman–Crippen MR) is 71.5 cm³/mol. The molecule has 0 fully saturated rings. The molecule has 0 spiro atoms. The molecule has 0 aliphatic heterocycles. The Morgan fingerprint density at radius 1 is 1.57 bits per heavy atom. The predicted octanol–water partition coefficient (Wildman–Crippen LogP) is 3.64. The van der Waals surface area contributed by atoms with Gasteiger partial charge >= 0.3 is 0 Å². The second-order valence-corrected chi connectivity index (χ2v) is 5.01. The van der Waals surface area contributed by atoms with Gasteiger partial charge in [-0.05, 0) is 50.7 Å². The van der Waals surface area contributed by atoms with E-state index >= 15 is 0 Å². The van der Waals surface area contributed by atoms with Crippen molar-refractivity contribution >= 4 is 60.2 Å². The van der Waals surface area contributed by atoms with Gasteiger partial charge in [-0.25, -0.2) is 0 Å². The quantitative estimate of drug-likeness (QED) is 0.413. The van der Waals surface area contributed by atoms with Crippen molar-refractivity contribution in [2.45, 2.75) is 0 Å². The molecule has 2 nitrogen and oxygen atoms in total. The molecule has 0 atom stereocenters. The molecule has 1 aromatic rings. The van der Waals surface area contributed by atoms with Gasteiger partial charge in [-0.15, -0.1) is 0 Å². The van der Waals surface area contributed by atoms with Gasteiger partial charge in [0.05, 0.1) is 20.5 Å². The summed E-state index contributed by atoms with van der Waals surface area (Å²) in [6.07, 6.45) is 0. The number of benzene rings is 1. The zero-order valence-electron chi connectivity index (χ0n) is 7.31. The number of Topliss-reactive ketones (excluding diaryl/α,β-unsaturated/α-hetero) is 1. The van der Waals surface area contributed by atoms with Crippen LogP contribution in [0.5, 0.6) is 5.75 Å². The van der Waals surface area contributed by atoms with Gasteiger partial charge in [0.15, 0.2) is 5.78 Å². The fourth-order valence-corrected chi connectivity index (χ4v) is 3.08. The highest BCUT2D eigenvalue weighted by molar-refractivity contribution is 14.1. The number of carbonyl (C=O) groups is 1. The van der Waals surface area contributed by atoms with E-state index in [0.717, 1.165) is 8.04 Å². The molecule has 0 N–H and O–H groups in total. The molecule has 0 heterocycles. The summed E-state index contributed by atoms with van der Waals surface area (Å²) in [5.74, 6) is 0.740. The molecule has 5 heteroatoms. The molecule has 14 heavy (non-hydrogen) atoms. The van der Waals surface area contributed by atoms with Gasteiger partial charge in [-0.2, -0.15) is 0 Å². The third kappa shape index (κ3) is 2.49. The van der Waals surface area contributed by atoms with E-state index in [1.54, 1.807) is 13.2 Å². The molecule has 0 aliphatic rings. The molecule has 0 saturated heterocycles. The smallest absolute Gasteiger partial charge is 0.174 e. The molecular formula is C9H7Br2IO2. The first-order valence-electron chi connectivity index (χ1n) is 3.73. The first-order valence-corrected chi connectivity index (χ1v) is 6.72. The number of carbonyl (C=O) groups excluding carboxylic acids is 1. The summed E-state index contributed by atoms with van der Waals surface area (Å²) in [6, 6.07) is 3.65. The lowest BCUT2D eigenvalue weighted by molar-refractivity contribution is 0.102. The Kier molecular flexibility index (Phi) is 4.86. The summed E-state index contributed by atoms with van der Waals surface area (Å²) < 4.78 is 6.88. The Labute approximate surface area is 113 Å². The van der Waals surface area contributed by atoms with Gasteiger partial charge < -0.3 is 4.74 Å². The third-order valence-corrected chi connectivity index (χ3v) is 3.82. The van der Waals surface area contributed by atoms with Crippen molar-refractivity contribution < 1.29 is 9.53 Å². The lowest BCUT2D eigenvalue weighted by Crippen LogP contribution is -2.03. The Morgan fingerprint density at radius 2 is 2.21 bits per heavy atom. The third-order valence-electron chi connectivity index (χ3n) is 1.67. The normalized spacial score (nSPS) is 10.0. The number of ether oxygens (including phenoxy) is 1. The zero-order valence-corrected chi connectivity index (χ0v) is 12.6. The fraction of sp³-hybridized carbons (Fsp3) is 0.222. The number of hydrogen-bond acceptors (Lipinski definition) is 2. The van der Waals surface area contributed by atoms with Crippen molar-refractivity contribution in [3.63, 3.8) is 0 Å². The first-order chi connectivity index (χ1) is 6.61. The van der Waals surface area contributed by atoms with Crippen LogP contribution in [0.15, 0.2) is 16.6 Å². The summed E-state index contributed by atoms with van der Waals surface area (Å²) >= 11 is 8.66. The van der Waals surface area contributed by atoms with Crippen LogP contribution in [0.1, 0.15) is 10.4 Å². The van der Waals surface area contributed by atoms with Crippen LogP contribution < -0.4 is 4.74 Å². The zero-order chi connectivity index (χ0) is 10.7. The fourth-order valence-electron chi connectivity index (χ4n) is 1.01. The highest BCUT2D eigenvalue weighted by Crippen LogP contribution is 2.33. The number of methoxy groups -OCH3 is 1. The van der Waals surface area contributed by atoms with Gasteiger partial charge in [0, 0.05) is 5.56 Å². The summed E-state index contributed by atoms with van der Waals surface area (Å²) in [7, 11) is 1.59. The minimum absolute atomic E-state index is 0.0339. The van der Waals surface area contributed by atoms with E-state index in [4.69, 9.17) is 4.74 Å². The summed E-state index contributed by atoms with van der Waals surface area (Å²) in [6.45, 7) is 0. The highest BCUT2D eigenvalue weighted by Gasteiger charge is 2.14. The minimum atomic E-state index is 0.0339. The molecule has 0 saturated carbocycles. The van der Waals surface area contributed by atoms with Crippen LogP contribution in [0.2, 0.25) is 0 Å². The van der Waals surface area contributed by atoms with Crippen molar-refractivity contribution in [2.24, 2.45) is 0 Å². The van der Waals surface area contributed by atoms with Crippen LogP contribution in [0.4, 0.5) is 0 Å². The molecule has 0 radical (unpaired) electrons. The van der Waals surface area contributed by atoms with E-state index in [1.165, 1.54) is 0 Å². The van der Waals surface area contributed by atoms with Crippen LogP contribution in [0.25, 0.3) is 0 Å². The molecule has 0 bridgehead atoms. The molecule has 0 unspecified atom stereocenters. The number of hydrogen-bond donors (Lipinski definition) is 0. The van der Waals surface area contributed by atoms with Gasteiger partial charge in [-0.3, -0.25) is 4.79 Å². The molecule has 1 aromatic carbocycles. The van der Waals surface area contributed by atoms with E-state index in [1.807, 2.05) is 6.07 Å². The number of alkyl halides is 1. The van der Waals surface area contributed by atoms with Crippen molar-refractivity contribution in [2.75, 3.05) is 12.4 Å². The van der Waals surface area contributed by atoms with E-state index in [-0.39, 0.29) is 5.78 Å². The minimum Gasteiger partial charge on any atom is -0.494 e. The number of ketones is 1. The maximum atomic E-state index is 11.5. The van der Waals surface area contributed by atoms with Crippen molar-refractivity contribution in [3.8, 4) is 5.75 Å². The maximum absolute atomic E-state index is 11.5. The van der Waals surface area contributed by atoms with Crippen LogP contribution in [0, 0.1) is 3.57 Å². The maximum Gasteiger partial charge on any atom is 0.174 e. The SMILES string of the molecule is COc1c(I)ccc(C(=O)CBr)c1Br. The molecule has 0 aromatic heterocycles. The summed E-state index contributed by atoms with van der Waals surface area (Å²) in [5.41, 5.74) is 0.638. The first kappa shape index (κ1) is 12.4.